The first-order chi connectivity index (χ1) is 15.2. The van der Waals surface area contributed by atoms with Crippen LogP contribution in [0.5, 0.6) is 0 Å². The molecule has 32 heavy (non-hydrogen) atoms. The van der Waals surface area contributed by atoms with Crippen LogP contribution in [0.3, 0.4) is 0 Å². The lowest BCUT2D eigenvalue weighted by Gasteiger charge is -2.07. The highest BCUT2D eigenvalue weighted by molar-refractivity contribution is 6.02. The van der Waals surface area contributed by atoms with Crippen molar-refractivity contribution in [3.63, 3.8) is 0 Å². The van der Waals surface area contributed by atoms with Gasteiger partial charge in [-0.2, -0.15) is 0 Å². The SMILES string of the molecule is CC(=Nc1cccc([N+](=O)[O-])c1C)c1cccc(C(C)=Nc2cccc([N+](=O)[O-])c2C)n1. The summed E-state index contributed by atoms with van der Waals surface area (Å²) < 4.78 is 0. The number of nitro benzene ring substituents is 2. The summed E-state index contributed by atoms with van der Waals surface area (Å²) in [6.45, 7) is 6.88. The molecule has 9 nitrogen and oxygen atoms in total. The third-order valence-corrected chi connectivity index (χ3v) is 5.01. The van der Waals surface area contributed by atoms with Gasteiger partial charge in [0.1, 0.15) is 0 Å². The summed E-state index contributed by atoms with van der Waals surface area (Å²) in [4.78, 5) is 35.2. The Kier molecular flexibility index (Phi) is 6.48. The van der Waals surface area contributed by atoms with E-state index < -0.39 is 9.85 Å². The molecular formula is C23H21N5O4. The second kappa shape index (κ2) is 9.25. The van der Waals surface area contributed by atoms with Crippen LogP contribution < -0.4 is 0 Å². The first-order valence-electron chi connectivity index (χ1n) is 9.75. The fourth-order valence-electron chi connectivity index (χ4n) is 3.17. The molecule has 0 saturated heterocycles. The third kappa shape index (κ3) is 4.72. The van der Waals surface area contributed by atoms with Crippen molar-refractivity contribution >= 4 is 34.2 Å². The van der Waals surface area contributed by atoms with Gasteiger partial charge < -0.3 is 0 Å². The van der Waals surface area contributed by atoms with E-state index in [1.54, 1.807) is 64.1 Å². The van der Waals surface area contributed by atoms with E-state index in [-0.39, 0.29) is 11.4 Å². The Morgan fingerprint density at radius 3 is 1.47 bits per heavy atom. The zero-order chi connectivity index (χ0) is 23.4. The molecule has 0 unspecified atom stereocenters. The minimum atomic E-state index is -0.432. The second-order valence-corrected chi connectivity index (χ2v) is 7.16. The van der Waals surface area contributed by atoms with Gasteiger partial charge in [0, 0.05) is 12.1 Å². The van der Waals surface area contributed by atoms with Crippen LogP contribution in [-0.2, 0) is 0 Å². The van der Waals surface area contributed by atoms with E-state index in [0.29, 0.717) is 45.3 Å². The second-order valence-electron chi connectivity index (χ2n) is 7.16. The van der Waals surface area contributed by atoms with Crippen LogP contribution in [0.1, 0.15) is 36.4 Å². The maximum atomic E-state index is 11.2. The van der Waals surface area contributed by atoms with Crippen molar-refractivity contribution in [2.75, 3.05) is 0 Å². The molecule has 0 fully saturated rings. The molecule has 0 amide bonds. The van der Waals surface area contributed by atoms with Gasteiger partial charge in [0.15, 0.2) is 0 Å². The van der Waals surface area contributed by atoms with Crippen molar-refractivity contribution in [1.29, 1.82) is 0 Å². The van der Waals surface area contributed by atoms with E-state index in [0.717, 1.165) is 0 Å². The molecule has 0 aliphatic rings. The summed E-state index contributed by atoms with van der Waals surface area (Å²) >= 11 is 0. The minimum absolute atomic E-state index is 0.0102. The number of nitrogens with zero attached hydrogens (tertiary/aromatic N) is 5. The highest BCUT2D eigenvalue weighted by Gasteiger charge is 2.15. The van der Waals surface area contributed by atoms with Crippen LogP contribution in [0.25, 0.3) is 0 Å². The average molecular weight is 431 g/mol. The van der Waals surface area contributed by atoms with Crippen LogP contribution in [-0.4, -0.2) is 26.3 Å². The van der Waals surface area contributed by atoms with E-state index in [9.17, 15) is 20.2 Å². The fraction of sp³-hybridized carbons (Fsp3) is 0.174. The normalized spacial score (nSPS) is 12.0. The number of benzene rings is 2. The van der Waals surface area contributed by atoms with Gasteiger partial charge >= 0.3 is 0 Å². The Morgan fingerprint density at radius 2 is 1.09 bits per heavy atom. The van der Waals surface area contributed by atoms with Gasteiger partial charge in [-0.05, 0) is 52.0 Å². The van der Waals surface area contributed by atoms with Crippen LogP contribution in [0, 0.1) is 34.1 Å². The van der Waals surface area contributed by atoms with Crippen LogP contribution in [0.15, 0.2) is 64.6 Å². The van der Waals surface area contributed by atoms with Crippen molar-refractivity contribution in [2.45, 2.75) is 27.7 Å². The number of hydrogen-bond donors (Lipinski definition) is 0. The first-order valence-corrected chi connectivity index (χ1v) is 9.75. The van der Waals surface area contributed by atoms with Crippen LogP contribution in [0.4, 0.5) is 22.7 Å². The summed E-state index contributed by atoms with van der Waals surface area (Å²) in [7, 11) is 0. The lowest BCUT2D eigenvalue weighted by molar-refractivity contribution is -0.385. The van der Waals surface area contributed by atoms with E-state index in [1.165, 1.54) is 12.1 Å². The zero-order valence-electron chi connectivity index (χ0n) is 18.1. The third-order valence-electron chi connectivity index (χ3n) is 5.01. The van der Waals surface area contributed by atoms with Crippen molar-refractivity contribution < 1.29 is 9.85 Å². The molecule has 2 aromatic carbocycles. The molecule has 3 rings (SSSR count). The zero-order valence-corrected chi connectivity index (χ0v) is 18.1. The molecule has 3 aromatic rings. The molecule has 1 aromatic heterocycles. The smallest absolute Gasteiger partial charge is 0.258 e. The molecular weight excluding hydrogens is 410 g/mol. The van der Waals surface area contributed by atoms with Crippen molar-refractivity contribution in [2.24, 2.45) is 9.98 Å². The molecule has 1 heterocycles. The number of aromatic nitrogens is 1. The van der Waals surface area contributed by atoms with Gasteiger partial charge in [-0.3, -0.25) is 30.2 Å². The summed E-state index contributed by atoms with van der Waals surface area (Å²) in [5, 5.41) is 22.4. The lowest BCUT2D eigenvalue weighted by atomic mass is 10.1. The molecule has 0 aliphatic heterocycles. The topological polar surface area (TPSA) is 124 Å². The van der Waals surface area contributed by atoms with Gasteiger partial charge in [-0.1, -0.05) is 18.2 Å². The number of pyridine rings is 1. The quantitative estimate of drug-likeness (QED) is 0.277. The van der Waals surface area contributed by atoms with Crippen molar-refractivity contribution in [3.8, 4) is 0 Å². The minimum Gasteiger partial charge on any atom is -0.258 e. The highest BCUT2D eigenvalue weighted by atomic mass is 16.6. The van der Waals surface area contributed by atoms with Crippen molar-refractivity contribution in [3.05, 3.63) is 97.3 Å². The number of hydrogen-bond acceptors (Lipinski definition) is 7. The molecule has 0 bridgehead atoms. The molecule has 9 heteroatoms. The van der Waals surface area contributed by atoms with Crippen molar-refractivity contribution in [1.82, 2.24) is 4.98 Å². The first kappa shape index (κ1) is 22.4. The molecule has 0 atom stereocenters. The summed E-state index contributed by atoms with van der Waals surface area (Å²) in [6.07, 6.45) is 0. The molecule has 0 radical (unpaired) electrons. The Bertz CT molecular complexity index is 1190. The predicted molar refractivity (Wildman–Crippen MR) is 124 cm³/mol. The molecule has 0 aliphatic carbocycles. The summed E-state index contributed by atoms with van der Waals surface area (Å²) in [5.41, 5.74) is 4.36. The molecule has 0 N–H and O–H groups in total. The predicted octanol–water partition coefficient (Wildman–Crippen LogP) is 5.80. The maximum Gasteiger partial charge on any atom is 0.274 e. The average Bonchev–Trinajstić information content (AvgIpc) is 2.76. The Balaban J connectivity index is 1.97. The van der Waals surface area contributed by atoms with Crippen LogP contribution in [0.2, 0.25) is 0 Å². The number of nitro groups is 2. The Hall–Kier alpha value is -4.27. The largest absolute Gasteiger partial charge is 0.274 e. The molecule has 162 valence electrons. The van der Waals surface area contributed by atoms with Crippen LogP contribution >= 0.6 is 0 Å². The molecule has 0 spiro atoms. The van der Waals surface area contributed by atoms with Gasteiger partial charge in [-0.25, -0.2) is 4.98 Å². The standard InChI is InChI=1S/C23H21N5O4/c1-14-18(8-6-12-22(14)27(29)30)24-16(3)20-10-5-11-21(26-20)17(4)25-19-9-7-13-23(15(19)2)28(31)32/h5-13H,1-4H3. The maximum absolute atomic E-state index is 11.2. The van der Waals surface area contributed by atoms with E-state index >= 15 is 0 Å². The monoisotopic (exact) mass is 431 g/mol. The number of aliphatic imine (C=N–C) groups is 2. The van der Waals surface area contributed by atoms with Gasteiger partial charge in [0.2, 0.25) is 0 Å². The summed E-state index contributed by atoms with van der Waals surface area (Å²) in [6, 6.07) is 14.9. The number of rotatable bonds is 6. The Morgan fingerprint density at radius 1 is 0.719 bits per heavy atom. The summed E-state index contributed by atoms with van der Waals surface area (Å²) in [5.74, 6) is 0. The fourth-order valence-corrected chi connectivity index (χ4v) is 3.17. The molecule has 0 saturated carbocycles. The lowest BCUT2D eigenvalue weighted by Crippen LogP contribution is -2.05. The van der Waals surface area contributed by atoms with Gasteiger partial charge in [-0.15, -0.1) is 0 Å². The Labute approximate surface area is 184 Å². The van der Waals surface area contributed by atoms with E-state index in [4.69, 9.17) is 0 Å². The highest BCUT2D eigenvalue weighted by Crippen LogP contribution is 2.29. The van der Waals surface area contributed by atoms with Gasteiger partial charge in [0.05, 0.1) is 55.2 Å². The van der Waals surface area contributed by atoms with Gasteiger partial charge in [0.25, 0.3) is 11.4 Å². The van der Waals surface area contributed by atoms with E-state index in [1.807, 2.05) is 6.07 Å². The van der Waals surface area contributed by atoms with E-state index in [2.05, 4.69) is 15.0 Å².